The Labute approximate surface area is 59.6 Å². The van der Waals surface area contributed by atoms with Crippen molar-refractivity contribution in [2.75, 3.05) is 6.67 Å². The van der Waals surface area contributed by atoms with E-state index in [1.54, 1.807) is 0 Å². The summed E-state index contributed by atoms with van der Waals surface area (Å²) in [5, 5.41) is 0. The summed E-state index contributed by atoms with van der Waals surface area (Å²) in [5.74, 6) is 0. The smallest absolute Gasteiger partial charge is 0.128 e. The highest BCUT2D eigenvalue weighted by atomic mass is 19.2. The lowest BCUT2D eigenvalue weighted by molar-refractivity contribution is 0.237. The van der Waals surface area contributed by atoms with Gasteiger partial charge in [0.05, 0.1) is 0 Å². The molecule has 0 heterocycles. The van der Waals surface area contributed by atoms with Crippen molar-refractivity contribution in [3.8, 4) is 0 Å². The van der Waals surface area contributed by atoms with E-state index in [1.165, 1.54) is 0 Å². The van der Waals surface area contributed by atoms with Crippen molar-refractivity contribution in [3.63, 3.8) is 0 Å². The molecule has 1 fully saturated rings. The van der Waals surface area contributed by atoms with Crippen molar-refractivity contribution in [3.05, 3.63) is 0 Å². The summed E-state index contributed by atoms with van der Waals surface area (Å²) in [7, 11) is 0. The lowest BCUT2D eigenvalue weighted by atomic mass is 10.1. The lowest BCUT2D eigenvalue weighted by Crippen LogP contribution is -2.23. The quantitative estimate of drug-likeness (QED) is 0.645. The maximum atomic E-state index is 12.3. The normalized spacial score (nSPS) is 24.3. The van der Waals surface area contributed by atoms with Crippen molar-refractivity contribution in [2.45, 2.75) is 37.4 Å². The summed E-state index contributed by atoms with van der Waals surface area (Å²) in [4.78, 5) is 0. The Morgan fingerprint density at radius 2 is 2.10 bits per heavy atom. The Hall–Kier alpha value is -0.180. The van der Waals surface area contributed by atoms with Gasteiger partial charge in [-0.15, -0.1) is 0 Å². The number of hydrogen-bond donors (Lipinski definition) is 1. The Balaban J connectivity index is 2.04. The summed E-state index contributed by atoms with van der Waals surface area (Å²) in [6, 6.07) is 0. The van der Waals surface area contributed by atoms with Crippen LogP contribution in [0.1, 0.15) is 25.7 Å². The molecular weight excluding hydrogens is 136 g/mol. The van der Waals surface area contributed by atoms with Gasteiger partial charge in [-0.05, 0) is 25.7 Å². The van der Waals surface area contributed by atoms with Crippen LogP contribution in [-0.4, -0.2) is 18.4 Å². The van der Waals surface area contributed by atoms with Gasteiger partial charge < -0.3 is 5.73 Å². The molecule has 1 aliphatic rings. The van der Waals surface area contributed by atoms with E-state index in [0.717, 1.165) is 12.8 Å². The fraction of sp³-hybridized carbons (Fsp3) is 1.00. The van der Waals surface area contributed by atoms with E-state index in [2.05, 4.69) is 0 Å². The highest BCUT2D eigenvalue weighted by molar-refractivity contribution is 4.98. The Morgan fingerprint density at radius 1 is 1.50 bits per heavy atom. The maximum absolute atomic E-state index is 12.3. The molecule has 1 atom stereocenters. The molecule has 60 valence electrons. The highest BCUT2D eigenvalue weighted by Crippen LogP contribution is 2.37. The first kappa shape index (κ1) is 7.92. The third kappa shape index (κ3) is 2.21. The van der Waals surface area contributed by atoms with Crippen LogP contribution < -0.4 is 5.73 Å². The van der Waals surface area contributed by atoms with Crippen LogP contribution in [0.25, 0.3) is 0 Å². The van der Waals surface area contributed by atoms with Crippen molar-refractivity contribution in [1.29, 1.82) is 0 Å². The fourth-order valence-electron chi connectivity index (χ4n) is 0.932. The fourth-order valence-corrected chi connectivity index (χ4v) is 0.932. The van der Waals surface area contributed by atoms with Gasteiger partial charge in [-0.3, -0.25) is 0 Å². The molecule has 0 bridgehead atoms. The molecule has 0 aromatic rings. The molecule has 0 aromatic heterocycles. The van der Waals surface area contributed by atoms with Gasteiger partial charge in [0, 0.05) is 5.54 Å². The molecule has 0 amide bonds. The molecular formula is C7H13F2N. The third-order valence-electron chi connectivity index (χ3n) is 2.02. The standard InChI is InChI=1S/C7H13F2N/c8-5-6(9)1-2-7(10)3-4-7/h6H,1-5,10H2. The van der Waals surface area contributed by atoms with E-state index >= 15 is 0 Å². The lowest BCUT2D eigenvalue weighted by Gasteiger charge is -2.08. The average molecular weight is 149 g/mol. The third-order valence-corrected chi connectivity index (χ3v) is 2.02. The maximum Gasteiger partial charge on any atom is 0.128 e. The molecule has 3 heteroatoms. The minimum atomic E-state index is -1.29. The zero-order valence-electron chi connectivity index (χ0n) is 5.95. The number of rotatable bonds is 4. The molecule has 0 radical (unpaired) electrons. The van der Waals surface area contributed by atoms with Crippen molar-refractivity contribution in [1.82, 2.24) is 0 Å². The molecule has 1 nitrogen and oxygen atoms in total. The Kier molecular flexibility index (Phi) is 2.24. The van der Waals surface area contributed by atoms with E-state index in [4.69, 9.17) is 5.73 Å². The molecule has 1 aliphatic carbocycles. The molecule has 0 aliphatic heterocycles. The van der Waals surface area contributed by atoms with E-state index in [0.29, 0.717) is 6.42 Å². The monoisotopic (exact) mass is 149 g/mol. The summed E-state index contributed by atoms with van der Waals surface area (Å²) in [6.07, 6.45) is 1.59. The first-order chi connectivity index (χ1) is 4.66. The summed E-state index contributed by atoms with van der Waals surface area (Å²) in [5.41, 5.74) is 5.53. The van der Waals surface area contributed by atoms with Crippen LogP contribution in [0.4, 0.5) is 8.78 Å². The van der Waals surface area contributed by atoms with Crippen LogP contribution in [0.3, 0.4) is 0 Å². The summed E-state index contributed by atoms with van der Waals surface area (Å²) >= 11 is 0. The summed E-state index contributed by atoms with van der Waals surface area (Å²) in [6.45, 7) is -0.865. The van der Waals surface area contributed by atoms with E-state index < -0.39 is 12.8 Å². The van der Waals surface area contributed by atoms with Gasteiger partial charge in [0.1, 0.15) is 12.8 Å². The van der Waals surface area contributed by atoms with Gasteiger partial charge in [-0.2, -0.15) is 0 Å². The molecule has 0 spiro atoms. The average Bonchev–Trinajstić information content (AvgIpc) is 2.64. The van der Waals surface area contributed by atoms with Crippen LogP contribution in [0.2, 0.25) is 0 Å². The molecule has 2 N–H and O–H groups in total. The minimum Gasteiger partial charge on any atom is -0.325 e. The van der Waals surface area contributed by atoms with Gasteiger partial charge in [-0.25, -0.2) is 8.78 Å². The number of alkyl halides is 2. The largest absolute Gasteiger partial charge is 0.325 e. The SMILES string of the molecule is NC1(CCC(F)CF)CC1. The van der Waals surface area contributed by atoms with Crippen LogP contribution in [0.15, 0.2) is 0 Å². The van der Waals surface area contributed by atoms with Gasteiger partial charge >= 0.3 is 0 Å². The van der Waals surface area contributed by atoms with Crippen LogP contribution in [-0.2, 0) is 0 Å². The molecule has 1 rings (SSSR count). The van der Waals surface area contributed by atoms with E-state index in [-0.39, 0.29) is 12.0 Å². The van der Waals surface area contributed by atoms with E-state index in [1.807, 2.05) is 0 Å². The highest BCUT2D eigenvalue weighted by Gasteiger charge is 2.37. The number of nitrogens with two attached hydrogens (primary N) is 1. The van der Waals surface area contributed by atoms with Gasteiger partial charge in [0.25, 0.3) is 0 Å². The van der Waals surface area contributed by atoms with Crippen molar-refractivity contribution in [2.24, 2.45) is 5.73 Å². The van der Waals surface area contributed by atoms with Crippen molar-refractivity contribution >= 4 is 0 Å². The zero-order valence-corrected chi connectivity index (χ0v) is 5.95. The number of halogens is 2. The topological polar surface area (TPSA) is 26.0 Å². The van der Waals surface area contributed by atoms with E-state index in [9.17, 15) is 8.78 Å². The zero-order chi connectivity index (χ0) is 7.61. The molecule has 1 unspecified atom stereocenters. The van der Waals surface area contributed by atoms with Crippen LogP contribution in [0, 0.1) is 0 Å². The van der Waals surface area contributed by atoms with Crippen LogP contribution in [0.5, 0.6) is 0 Å². The second-order valence-electron chi connectivity index (χ2n) is 3.15. The summed E-state index contributed by atoms with van der Waals surface area (Å²) < 4.78 is 23.8. The van der Waals surface area contributed by atoms with Gasteiger partial charge in [0.2, 0.25) is 0 Å². The molecule has 10 heavy (non-hydrogen) atoms. The van der Waals surface area contributed by atoms with Crippen molar-refractivity contribution < 1.29 is 8.78 Å². The van der Waals surface area contributed by atoms with Gasteiger partial charge in [-0.1, -0.05) is 0 Å². The molecule has 1 saturated carbocycles. The first-order valence-electron chi connectivity index (χ1n) is 3.65. The second-order valence-corrected chi connectivity index (χ2v) is 3.15. The second kappa shape index (κ2) is 2.82. The molecule has 0 saturated heterocycles. The predicted molar refractivity (Wildman–Crippen MR) is 36.3 cm³/mol. The number of hydrogen-bond acceptors (Lipinski definition) is 1. The Morgan fingerprint density at radius 3 is 2.50 bits per heavy atom. The minimum absolute atomic E-state index is 0.125. The Bertz CT molecular complexity index is 112. The predicted octanol–water partition coefficient (Wildman–Crippen LogP) is 1.57. The molecule has 0 aromatic carbocycles. The van der Waals surface area contributed by atoms with Gasteiger partial charge in [0.15, 0.2) is 0 Å². The first-order valence-corrected chi connectivity index (χ1v) is 3.65. The van der Waals surface area contributed by atoms with Crippen LogP contribution >= 0.6 is 0 Å².